The Morgan fingerprint density at radius 1 is 1.07 bits per heavy atom. The van der Waals surface area contributed by atoms with Crippen molar-refractivity contribution in [2.75, 3.05) is 5.32 Å². The molecule has 7 nitrogen and oxygen atoms in total. The Morgan fingerprint density at radius 3 is 2.59 bits per heavy atom. The fourth-order valence-corrected chi connectivity index (χ4v) is 10.9. The molecule has 44 heavy (non-hydrogen) atoms. The Balaban J connectivity index is 1.10. The molecule has 0 bridgehead atoms. The van der Waals surface area contributed by atoms with Gasteiger partial charge in [-0.05, 0) is 136 Å². The first-order chi connectivity index (χ1) is 20.8. The molecule has 10 atom stereocenters. The number of benzene rings is 1. The van der Waals surface area contributed by atoms with Gasteiger partial charge in [0.2, 0.25) is 5.91 Å². The van der Waals surface area contributed by atoms with Gasteiger partial charge >= 0.3 is 5.63 Å². The van der Waals surface area contributed by atoms with Crippen LogP contribution in [0.3, 0.4) is 0 Å². The van der Waals surface area contributed by atoms with E-state index in [1.807, 2.05) is 19.1 Å². The maximum atomic E-state index is 13.1. The molecule has 7 heteroatoms. The van der Waals surface area contributed by atoms with Crippen molar-refractivity contribution in [3.63, 3.8) is 0 Å². The molecular formula is C37H51NO6. The number of hydrogen-bond acceptors (Lipinski definition) is 6. The highest BCUT2D eigenvalue weighted by Crippen LogP contribution is 2.68. The number of anilines is 1. The molecule has 0 radical (unpaired) electrons. The SMILES string of the molecule is CC(=O)Cc1c(C)c2ccc(NC(=O)CCC(C)C3CCC4C5CCC6CC(O)CCC6(C)C5CC(O)C34C)cc2oc1=O. The fourth-order valence-electron chi connectivity index (χ4n) is 10.9. The van der Waals surface area contributed by atoms with Crippen LogP contribution >= 0.6 is 0 Å². The third-order valence-electron chi connectivity index (χ3n) is 13.3. The van der Waals surface area contributed by atoms with Gasteiger partial charge in [-0.1, -0.05) is 20.8 Å². The van der Waals surface area contributed by atoms with Crippen molar-refractivity contribution in [2.45, 2.75) is 117 Å². The molecule has 3 N–H and O–H groups in total. The Kier molecular flexibility index (Phi) is 8.36. The minimum absolute atomic E-state index is 0.0463. The van der Waals surface area contributed by atoms with Crippen LogP contribution in [0.1, 0.15) is 103 Å². The molecule has 10 unspecified atom stereocenters. The summed E-state index contributed by atoms with van der Waals surface area (Å²) in [5, 5.41) is 25.9. The van der Waals surface area contributed by atoms with E-state index in [9.17, 15) is 24.6 Å². The maximum absolute atomic E-state index is 13.1. The normalized spacial score (nSPS) is 37.1. The number of fused-ring (bicyclic) bond motifs is 6. The first-order valence-electron chi connectivity index (χ1n) is 17.0. The van der Waals surface area contributed by atoms with Crippen LogP contribution in [0.25, 0.3) is 11.0 Å². The summed E-state index contributed by atoms with van der Waals surface area (Å²) in [4.78, 5) is 37.2. The number of rotatable bonds is 7. The van der Waals surface area contributed by atoms with Crippen LogP contribution in [0.5, 0.6) is 0 Å². The molecule has 4 saturated carbocycles. The number of aliphatic hydroxyl groups is 2. The molecule has 0 aliphatic heterocycles. The average molecular weight is 606 g/mol. The van der Waals surface area contributed by atoms with E-state index in [0.717, 1.165) is 55.9 Å². The van der Waals surface area contributed by atoms with Gasteiger partial charge in [-0.15, -0.1) is 0 Å². The Morgan fingerprint density at radius 2 is 1.84 bits per heavy atom. The van der Waals surface area contributed by atoms with Crippen LogP contribution in [-0.2, 0) is 16.0 Å². The molecule has 4 fully saturated rings. The molecular weight excluding hydrogens is 554 g/mol. The number of ketones is 1. The van der Waals surface area contributed by atoms with Crippen LogP contribution in [0.2, 0.25) is 0 Å². The highest BCUT2D eigenvalue weighted by Gasteiger charge is 2.63. The van der Waals surface area contributed by atoms with Crippen molar-refractivity contribution in [1.82, 2.24) is 0 Å². The van der Waals surface area contributed by atoms with E-state index in [4.69, 9.17) is 4.42 Å². The molecule has 0 saturated heterocycles. The van der Waals surface area contributed by atoms with Crippen LogP contribution < -0.4 is 10.9 Å². The summed E-state index contributed by atoms with van der Waals surface area (Å²) in [7, 11) is 0. The lowest BCUT2D eigenvalue weighted by Gasteiger charge is -2.62. The zero-order chi connectivity index (χ0) is 31.6. The molecule has 1 aromatic carbocycles. The van der Waals surface area contributed by atoms with E-state index in [1.165, 1.54) is 19.8 Å². The minimum atomic E-state index is -0.512. The summed E-state index contributed by atoms with van der Waals surface area (Å²) in [6, 6.07) is 5.33. The van der Waals surface area contributed by atoms with Gasteiger partial charge in [0.15, 0.2) is 0 Å². The van der Waals surface area contributed by atoms with Gasteiger partial charge in [-0.25, -0.2) is 4.79 Å². The first-order valence-corrected chi connectivity index (χ1v) is 17.0. The highest BCUT2D eigenvalue weighted by molar-refractivity contribution is 5.94. The highest BCUT2D eigenvalue weighted by atomic mass is 16.4. The lowest BCUT2D eigenvalue weighted by atomic mass is 9.43. The molecule has 1 aromatic heterocycles. The lowest BCUT2D eigenvalue weighted by Crippen LogP contribution is -2.58. The fraction of sp³-hybridized carbons (Fsp3) is 0.703. The van der Waals surface area contributed by atoms with Gasteiger partial charge in [-0.2, -0.15) is 0 Å². The second kappa shape index (κ2) is 11.7. The predicted octanol–water partition coefficient (Wildman–Crippen LogP) is 6.58. The summed E-state index contributed by atoms with van der Waals surface area (Å²) >= 11 is 0. The van der Waals surface area contributed by atoms with Crippen molar-refractivity contribution >= 4 is 28.3 Å². The molecule has 0 spiro atoms. The minimum Gasteiger partial charge on any atom is -0.422 e. The van der Waals surface area contributed by atoms with Gasteiger partial charge in [0.1, 0.15) is 11.4 Å². The van der Waals surface area contributed by atoms with Gasteiger partial charge in [0.05, 0.1) is 12.2 Å². The first kappa shape index (κ1) is 31.5. The number of carbonyl (C=O) groups is 2. The number of hydrogen-bond donors (Lipinski definition) is 3. The van der Waals surface area contributed by atoms with E-state index in [0.29, 0.717) is 58.8 Å². The Bertz CT molecular complexity index is 1500. The van der Waals surface area contributed by atoms with Gasteiger partial charge in [0.25, 0.3) is 0 Å². The van der Waals surface area contributed by atoms with Crippen molar-refractivity contribution in [3.05, 3.63) is 39.7 Å². The maximum Gasteiger partial charge on any atom is 0.340 e. The lowest BCUT2D eigenvalue weighted by molar-refractivity contribution is -0.174. The van der Waals surface area contributed by atoms with Crippen molar-refractivity contribution in [2.24, 2.45) is 46.3 Å². The number of nitrogens with one attached hydrogen (secondary N) is 1. The summed E-state index contributed by atoms with van der Waals surface area (Å²) in [6.45, 7) is 10.3. The van der Waals surface area contributed by atoms with Gasteiger partial charge in [-0.3, -0.25) is 9.59 Å². The van der Waals surface area contributed by atoms with Crippen LogP contribution in [-0.4, -0.2) is 34.1 Å². The Labute approximate surface area is 261 Å². The molecule has 4 aliphatic rings. The summed E-state index contributed by atoms with van der Waals surface area (Å²) < 4.78 is 5.52. The largest absolute Gasteiger partial charge is 0.422 e. The van der Waals surface area contributed by atoms with E-state index < -0.39 is 5.63 Å². The van der Waals surface area contributed by atoms with Crippen LogP contribution in [0.15, 0.2) is 27.4 Å². The van der Waals surface area contributed by atoms with Gasteiger partial charge in [0, 0.05) is 35.5 Å². The summed E-state index contributed by atoms with van der Waals surface area (Å²) in [6.07, 6.45) is 9.17. The van der Waals surface area contributed by atoms with Crippen molar-refractivity contribution in [1.29, 1.82) is 0 Å². The predicted molar refractivity (Wildman–Crippen MR) is 171 cm³/mol. The van der Waals surface area contributed by atoms with Crippen LogP contribution in [0.4, 0.5) is 5.69 Å². The topological polar surface area (TPSA) is 117 Å². The van der Waals surface area contributed by atoms with E-state index >= 15 is 0 Å². The van der Waals surface area contributed by atoms with Gasteiger partial charge < -0.3 is 19.9 Å². The molecule has 1 heterocycles. The average Bonchev–Trinajstić information content (AvgIpc) is 3.33. The molecule has 240 valence electrons. The summed E-state index contributed by atoms with van der Waals surface area (Å²) in [5.74, 6) is 2.82. The number of aliphatic hydroxyl groups excluding tert-OH is 2. The second-order valence-corrected chi connectivity index (χ2v) is 15.5. The second-order valence-electron chi connectivity index (χ2n) is 15.5. The van der Waals surface area contributed by atoms with E-state index in [1.54, 1.807) is 6.07 Å². The van der Waals surface area contributed by atoms with E-state index in [2.05, 4.69) is 26.1 Å². The number of aryl methyl sites for hydroxylation is 1. The molecule has 6 rings (SSSR count). The zero-order valence-corrected chi connectivity index (χ0v) is 27.2. The third kappa shape index (κ3) is 5.26. The van der Waals surface area contributed by atoms with Crippen LogP contribution in [0, 0.1) is 53.3 Å². The number of Topliss-reactive ketones (excluding diaryl/α,β-unsaturated/α-hetero) is 1. The van der Waals surface area contributed by atoms with Crippen molar-refractivity contribution < 1.29 is 24.2 Å². The third-order valence-corrected chi connectivity index (χ3v) is 13.3. The zero-order valence-electron chi connectivity index (χ0n) is 27.2. The molecule has 4 aliphatic carbocycles. The number of carbonyl (C=O) groups excluding carboxylic acids is 2. The molecule has 1 amide bonds. The monoisotopic (exact) mass is 605 g/mol. The number of amides is 1. The van der Waals surface area contributed by atoms with Crippen molar-refractivity contribution in [3.8, 4) is 0 Å². The van der Waals surface area contributed by atoms with E-state index in [-0.39, 0.29) is 41.1 Å². The molecule has 2 aromatic rings. The summed E-state index contributed by atoms with van der Waals surface area (Å²) in [5.41, 5.74) is 1.69. The Hall–Kier alpha value is -2.51. The smallest absolute Gasteiger partial charge is 0.340 e. The standard InChI is InChI=1S/C37H51NO6/c1-20(6-13-34(42)38-24-8-10-26-22(3)28(16-21(2)39)35(43)44-32(26)18-24)29-11-12-30-27-9-7-23-17-25(40)14-15-36(23,4)31(27)19-33(41)37(29,30)5/h8,10,18,20,23,25,27,29-31,33,40-41H,6-7,9,11-17,19H2,1-5H3,(H,38,42). The quantitative estimate of drug-likeness (QED) is 0.307.